The van der Waals surface area contributed by atoms with Crippen molar-refractivity contribution in [2.45, 2.75) is 37.0 Å². The summed E-state index contributed by atoms with van der Waals surface area (Å²) in [5.74, 6) is 0.0948. The molecule has 5 rings (SSSR count). The quantitative estimate of drug-likeness (QED) is 0.736. The molecular weight excluding hydrogens is 434 g/mol. The lowest BCUT2D eigenvalue weighted by Crippen LogP contribution is -2.60. The van der Waals surface area contributed by atoms with Gasteiger partial charge in [0.25, 0.3) is 5.91 Å². The highest BCUT2D eigenvalue weighted by Crippen LogP contribution is 2.44. The van der Waals surface area contributed by atoms with Gasteiger partial charge in [0.1, 0.15) is 5.25 Å². The lowest BCUT2D eigenvalue weighted by molar-refractivity contribution is -0.118. The van der Waals surface area contributed by atoms with Crippen molar-refractivity contribution < 1.29 is 14.3 Å². The Labute approximate surface area is 190 Å². The largest absolute Gasteiger partial charge is 0.381 e. The van der Waals surface area contributed by atoms with Gasteiger partial charge in [-0.3, -0.25) is 9.78 Å². The number of amides is 3. The molecule has 1 aromatic heterocycles. The van der Waals surface area contributed by atoms with Crippen molar-refractivity contribution in [3.8, 4) is 0 Å². The number of halogens is 1. The molecule has 2 atom stereocenters. The normalized spacial score (nSPS) is 24.1. The van der Waals surface area contributed by atoms with Gasteiger partial charge < -0.3 is 10.1 Å². The zero-order chi connectivity index (χ0) is 21.5. The van der Waals surface area contributed by atoms with Gasteiger partial charge in [-0.25, -0.2) is 9.69 Å². The number of carbonyl (C=O) groups excluding carboxylic acids is 2. The van der Waals surface area contributed by atoms with Crippen LogP contribution in [0.2, 0.25) is 5.02 Å². The Balaban J connectivity index is 1.44. The molecule has 8 heteroatoms. The van der Waals surface area contributed by atoms with E-state index in [0.29, 0.717) is 29.8 Å². The summed E-state index contributed by atoms with van der Waals surface area (Å²) >= 11 is 7.79. The number of rotatable bonds is 3. The average Bonchev–Trinajstić information content (AvgIpc) is 3.20. The van der Waals surface area contributed by atoms with Crippen LogP contribution in [0.15, 0.2) is 42.7 Å². The number of nitrogens with one attached hydrogen (secondary N) is 1. The monoisotopic (exact) mass is 455 g/mol. The predicted octanol–water partition coefficient (Wildman–Crippen LogP) is 4.52. The van der Waals surface area contributed by atoms with Gasteiger partial charge in [-0.2, -0.15) is 0 Å². The van der Waals surface area contributed by atoms with Crippen LogP contribution in [0.4, 0.5) is 10.5 Å². The maximum absolute atomic E-state index is 13.4. The first-order valence-electron chi connectivity index (χ1n) is 10.3. The number of urea groups is 1. The maximum atomic E-state index is 13.4. The molecule has 2 fully saturated rings. The molecule has 3 amide bonds. The number of hydrogen-bond donors (Lipinski definition) is 1. The molecule has 0 spiro atoms. The maximum Gasteiger partial charge on any atom is 0.329 e. The number of benzene rings is 1. The van der Waals surface area contributed by atoms with E-state index >= 15 is 0 Å². The van der Waals surface area contributed by atoms with Gasteiger partial charge in [-0.1, -0.05) is 29.8 Å². The molecule has 0 radical (unpaired) electrons. The number of hydrogen-bond acceptors (Lipinski definition) is 5. The van der Waals surface area contributed by atoms with Crippen molar-refractivity contribution >= 4 is 45.9 Å². The van der Waals surface area contributed by atoms with E-state index in [1.807, 2.05) is 43.5 Å². The smallest absolute Gasteiger partial charge is 0.329 e. The molecule has 0 saturated carbocycles. The first-order valence-corrected chi connectivity index (χ1v) is 11.6. The second-order valence-electron chi connectivity index (χ2n) is 7.96. The molecule has 2 unspecified atom stereocenters. The predicted molar refractivity (Wildman–Crippen MR) is 122 cm³/mol. The van der Waals surface area contributed by atoms with Crippen LogP contribution in [0.1, 0.15) is 35.4 Å². The Morgan fingerprint density at radius 1 is 1.19 bits per heavy atom. The van der Waals surface area contributed by atoms with Crippen LogP contribution in [-0.4, -0.2) is 41.4 Å². The summed E-state index contributed by atoms with van der Waals surface area (Å²) in [6, 6.07) is 6.75. The fourth-order valence-electron chi connectivity index (χ4n) is 4.47. The molecule has 3 aliphatic heterocycles. The molecule has 1 aromatic carbocycles. The minimum atomic E-state index is -0.435. The van der Waals surface area contributed by atoms with E-state index in [0.717, 1.165) is 34.4 Å². The summed E-state index contributed by atoms with van der Waals surface area (Å²) in [6.07, 6.45) is 7.21. The summed E-state index contributed by atoms with van der Waals surface area (Å²) in [4.78, 5) is 33.0. The topological polar surface area (TPSA) is 71.5 Å². The fourth-order valence-corrected chi connectivity index (χ4v) is 6.07. The molecule has 1 N–H and O–H groups in total. The minimum absolute atomic E-state index is 0.230. The Kier molecular flexibility index (Phi) is 5.50. The first-order chi connectivity index (χ1) is 15.0. The molecular formula is C23H22ClN3O3S. The van der Waals surface area contributed by atoms with Crippen molar-refractivity contribution in [2.24, 2.45) is 0 Å². The summed E-state index contributed by atoms with van der Waals surface area (Å²) in [5, 5.41) is 3.17. The molecule has 160 valence electrons. The molecule has 6 nitrogen and oxygen atoms in total. The molecule has 0 bridgehead atoms. The number of aromatic nitrogens is 1. The van der Waals surface area contributed by atoms with Crippen molar-refractivity contribution in [2.75, 3.05) is 18.1 Å². The van der Waals surface area contributed by atoms with Crippen LogP contribution in [0.3, 0.4) is 0 Å². The van der Waals surface area contributed by atoms with Crippen LogP contribution in [-0.2, 0) is 9.53 Å². The van der Waals surface area contributed by atoms with Crippen molar-refractivity contribution in [1.29, 1.82) is 0 Å². The Hall–Kier alpha value is -2.35. The van der Waals surface area contributed by atoms with E-state index in [1.54, 1.807) is 6.20 Å². The van der Waals surface area contributed by atoms with E-state index in [4.69, 9.17) is 16.3 Å². The van der Waals surface area contributed by atoms with Gasteiger partial charge >= 0.3 is 6.03 Å². The molecule has 4 heterocycles. The number of ether oxygens (including phenoxy) is 1. The molecule has 31 heavy (non-hydrogen) atoms. The highest BCUT2D eigenvalue weighted by Gasteiger charge is 2.46. The van der Waals surface area contributed by atoms with Crippen molar-refractivity contribution in [1.82, 2.24) is 10.3 Å². The molecule has 2 aromatic rings. The Bertz CT molecular complexity index is 1080. The zero-order valence-electron chi connectivity index (χ0n) is 17.0. The van der Waals surface area contributed by atoms with Gasteiger partial charge in [0.2, 0.25) is 0 Å². The number of nitrogens with zero attached hydrogens (tertiary/aromatic N) is 2. The van der Waals surface area contributed by atoms with Crippen molar-refractivity contribution in [3.63, 3.8) is 0 Å². The van der Waals surface area contributed by atoms with E-state index < -0.39 is 11.3 Å². The average molecular weight is 456 g/mol. The van der Waals surface area contributed by atoms with Crippen molar-refractivity contribution in [3.05, 3.63) is 64.4 Å². The Morgan fingerprint density at radius 3 is 2.74 bits per heavy atom. The summed E-state index contributed by atoms with van der Waals surface area (Å²) in [5.41, 5.74) is 3.43. The fraction of sp³-hybridized carbons (Fsp3) is 0.348. The second kappa shape index (κ2) is 8.30. The Morgan fingerprint density at radius 2 is 1.97 bits per heavy atom. The van der Waals surface area contributed by atoms with Crippen LogP contribution in [0, 0.1) is 6.92 Å². The van der Waals surface area contributed by atoms with Crippen LogP contribution >= 0.6 is 23.4 Å². The third kappa shape index (κ3) is 3.64. The van der Waals surface area contributed by atoms with E-state index in [9.17, 15) is 9.59 Å². The SMILES string of the molecule is Cc1c(C2CCOCC2)cncc1N1C(=O)NC2C=C(c3ccccc3Cl)SC2C1=O. The third-order valence-corrected chi connectivity index (χ3v) is 7.83. The molecule has 3 aliphatic rings. The van der Waals surface area contributed by atoms with Crippen LogP contribution in [0.5, 0.6) is 0 Å². The summed E-state index contributed by atoms with van der Waals surface area (Å²) in [7, 11) is 0. The highest BCUT2D eigenvalue weighted by atomic mass is 35.5. The number of carbonyl (C=O) groups is 2. The van der Waals surface area contributed by atoms with Gasteiger partial charge in [-0.05, 0) is 49.0 Å². The molecule has 2 saturated heterocycles. The van der Waals surface area contributed by atoms with Gasteiger partial charge in [-0.15, -0.1) is 11.8 Å². The lowest BCUT2D eigenvalue weighted by Gasteiger charge is -2.34. The summed E-state index contributed by atoms with van der Waals surface area (Å²) < 4.78 is 5.48. The van der Waals surface area contributed by atoms with Gasteiger partial charge in [0.15, 0.2) is 0 Å². The van der Waals surface area contributed by atoms with Crippen LogP contribution < -0.4 is 10.2 Å². The van der Waals surface area contributed by atoms with Gasteiger partial charge in [0, 0.05) is 34.9 Å². The summed E-state index contributed by atoms with van der Waals surface area (Å²) in [6.45, 7) is 3.40. The number of pyridine rings is 1. The second-order valence-corrected chi connectivity index (χ2v) is 9.55. The van der Waals surface area contributed by atoms with Gasteiger partial charge in [0.05, 0.1) is 17.9 Å². The standard InChI is InChI=1S/C23H22ClN3O3S/c1-13-16(14-6-8-30-9-7-14)11-25-12-19(13)27-22(28)21-18(26-23(27)29)10-20(31-21)15-4-2-3-5-17(15)24/h2-5,10-12,14,18,21H,6-9H2,1H3,(H,26,29). The molecule has 0 aliphatic carbocycles. The lowest BCUT2D eigenvalue weighted by atomic mass is 9.89. The van der Waals surface area contributed by atoms with E-state index in [-0.39, 0.29) is 11.9 Å². The highest BCUT2D eigenvalue weighted by molar-refractivity contribution is 8.09. The third-order valence-electron chi connectivity index (χ3n) is 6.14. The zero-order valence-corrected chi connectivity index (χ0v) is 18.6. The van der Waals surface area contributed by atoms with Crippen LogP contribution in [0.25, 0.3) is 4.91 Å². The number of fused-ring (bicyclic) bond motifs is 1. The first kappa shape index (κ1) is 20.5. The number of thioether (sulfide) groups is 1. The van der Waals surface area contributed by atoms with E-state index in [2.05, 4.69) is 10.3 Å². The number of imide groups is 1. The number of anilines is 1. The minimum Gasteiger partial charge on any atom is -0.381 e. The van der Waals surface area contributed by atoms with E-state index in [1.165, 1.54) is 16.7 Å².